The maximum Gasteiger partial charge on any atom is 0.122 e. The maximum absolute atomic E-state index is 10.1. The molecule has 0 amide bonds. The summed E-state index contributed by atoms with van der Waals surface area (Å²) in [6.07, 6.45) is 1.92. The standard InChI is InChI=1S/C9H14N2O2S/c10-5-9(1-3-13-6-9)7(12)8-11-2-4-14-8/h2,4,7,12H,1,3,5-6,10H2. The van der Waals surface area contributed by atoms with E-state index in [1.165, 1.54) is 11.3 Å². The Morgan fingerprint density at radius 3 is 3.14 bits per heavy atom. The number of aliphatic hydroxyl groups is 1. The number of aliphatic hydroxyl groups excluding tert-OH is 1. The number of nitrogens with two attached hydrogens (primary N) is 1. The van der Waals surface area contributed by atoms with Gasteiger partial charge in [0.25, 0.3) is 0 Å². The highest BCUT2D eigenvalue weighted by Crippen LogP contribution is 2.40. The van der Waals surface area contributed by atoms with Crippen LogP contribution in [0.5, 0.6) is 0 Å². The molecule has 1 aromatic rings. The van der Waals surface area contributed by atoms with Crippen molar-refractivity contribution in [1.29, 1.82) is 0 Å². The Morgan fingerprint density at radius 2 is 2.64 bits per heavy atom. The number of nitrogens with zero attached hydrogens (tertiary/aromatic N) is 1. The van der Waals surface area contributed by atoms with Crippen LogP contribution < -0.4 is 5.73 Å². The normalized spacial score (nSPS) is 29.3. The lowest BCUT2D eigenvalue weighted by Crippen LogP contribution is -2.37. The molecule has 1 aromatic heterocycles. The number of ether oxygens (including phenoxy) is 1. The van der Waals surface area contributed by atoms with Crippen LogP contribution in [-0.2, 0) is 4.74 Å². The fourth-order valence-corrected chi connectivity index (χ4v) is 2.50. The van der Waals surface area contributed by atoms with Crippen molar-refractivity contribution in [2.75, 3.05) is 19.8 Å². The van der Waals surface area contributed by atoms with E-state index in [1.807, 2.05) is 5.38 Å². The summed E-state index contributed by atoms with van der Waals surface area (Å²) in [6.45, 7) is 1.65. The molecular formula is C9H14N2O2S. The van der Waals surface area contributed by atoms with Gasteiger partial charge in [-0.15, -0.1) is 11.3 Å². The molecule has 5 heteroatoms. The van der Waals surface area contributed by atoms with Gasteiger partial charge in [0, 0.05) is 30.1 Å². The summed E-state index contributed by atoms with van der Waals surface area (Å²) in [6, 6.07) is 0. The average Bonchev–Trinajstić information content (AvgIpc) is 2.89. The highest BCUT2D eigenvalue weighted by Gasteiger charge is 2.42. The van der Waals surface area contributed by atoms with E-state index in [0.29, 0.717) is 19.8 Å². The number of hydrogen-bond donors (Lipinski definition) is 2. The molecule has 1 saturated heterocycles. The fourth-order valence-electron chi connectivity index (χ4n) is 1.74. The van der Waals surface area contributed by atoms with Crippen LogP contribution in [0.3, 0.4) is 0 Å². The van der Waals surface area contributed by atoms with E-state index < -0.39 is 6.10 Å². The zero-order valence-electron chi connectivity index (χ0n) is 7.85. The fraction of sp³-hybridized carbons (Fsp3) is 0.667. The quantitative estimate of drug-likeness (QED) is 0.770. The van der Waals surface area contributed by atoms with Gasteiger partial charge in [0.15, 0.2) is 0 Å². The molecule has 0 aromatic carbocycles. The molecule has 0 bridgehead atoms. The maximum atomic E-state index is 10.1. The molecule has 2 atom stereocenters. The first-order chi connectivity index (χ1) is 6.78. The Kier molecular flexibility index (Phi) is 2.83. The summed E-state index contributed by atoms with van der Waals surface area (Å²) in [7, 11) is 0. The molecule has 78 valence electrons. The molecule has 4 nitrogen and oxygen atoms in total. The van der Waals surface area contributed by atoms with Crippen LogP contribution in [0, 0.1) is 5.41 Å². The SMILES string of the molecule is NCC1(C(O)c2nccs2)CCOC1. The van der Waals surface area contributed by atoms with Gasteiger partial charge in [0.1, 0.15) is 11.1 Å². The highest BCUT2D eigenvalue weighted by molar-refractivity contribution is 7.09. The first-order valence-electron chi connectivity index (χ1n) is 4.64. The van der Waals surface area contributed by atoms with Crippen LogP contribution in [0.2, 0.25) is 0 Å². The minimum atomic E-state index is -0.588. The van der Waals surface area contributed by atoms with Gasteiger partial charge < -0.3 is 15.6 Å². The molecule has 0 radical (unpaired) electrons. The Hall–Kier alpha value is -0.490. The van der Waals surface area contributed by atoms with Crippen LogP contribution in [0.1, 0.15) is 17.5 Å². The van der Waals surface area contributed by atoms with Gasteiger partial charge in [-0.1, -0.05) is 0 Å². The molecule has 2 unspecified atom stereocenters. The first-order valence-corrected chi connectivity index (χ1v) is 5.52. The Labute approximate surface area is 86.7 Å². The van der Waals surface area contributed by atoms with E-state index in [4.69, 9.17) is 10.5 Å². The molecule has 3 N–H and O–H groups in total. The van der Waals surface area contributed by atoms with Crippen molar-refractivity contribution >= 4 is 11.3 Å². The minimum absolute atomic E-state index is 0.322. The lowest BCUT2D eigenvalue weighted by Gasteiger charge is -2.29. The third-order valence-electron chi connectivity index (χ3n) is 2.81. The van der Waals surface area contributed by atoms with Crippen molar-refractivity contribution in [2.24, 2.45) is 11.1 Å². The molecule has 1 aliphatic heterocycles. The summed E-state index contributed by atoms with van der Waals surface area (Å²) in [5.74, 6) is 0. The summed E-state index contributed by atoms with van der Waals surface area (Å²) in [5.41, 5.74) is 5.39. The van der Waals surface area contributed by atoms with Crippen LogP contribution in [0.15, 0.2) is 11.6 Å². The van der Waals surface area contributed by atoms with E-state index in [0.717, 1.165) is 11.4 Å². The summed E-state index contributed by atoms with van der Waals surface area (Å²) in [4.78, 5) is 4.11. The predicted octanol–water partition coefficient (Wildman–Crippen LogP) is 0.542. The van der Waals surface area contributed by atoms with E-state index in [-0.39, 0.29) is 5.41 Å². The second-order valence-electron chi connectivity index (χ2n) is 3.64. The lowest BCUT2D eigenvalue weighted by molar-refractivity contribution is 0.0189. The second-order valence-corrected chi connectivity index (χ2v) is 4.57. The molecule has 1 fully saturated rings. The Morgan fingerprint density at radius 1 is 1.79 bits per heavy atom. The number of rotatable bonds is 3. The van der Waals surface area contributed by atoms with Gasteiger partial charge in [0.05, 0.1) is 6.61 Å². The van der Waals surface area contributed by atoms with E-state index >= 15 is 0 Å². The van der Waals surface area contributed by atoms with Gasteiger partial charge in [-0.2, -0.15) is 0 Å². The zero-order chi connectivity index (χ0) is 10.0. The van der Waals surface area contributed by atoms with Crippen molar-refractivity contribution in [3.63, 3.8) is 0 Å². The smallest absolute Gasteiger partial charge is 0.122 e. The Balaban J connectivity index is 2.19. The Bertz CT molecular complexity index is 283. The largest absolute Gasteiger partial charge is 0.385 e. The van der Waals surface area contributed by atoms with Crippen molar-refractivity contribution in [2.45, 2.75) is 12.5 Å². The molecule has 1 aliphatic rings. The number of hydrogen-bond acceptors (Lipinski definition) is 5. The van der Waals surface area contributed by atoms with E-state index in [9.17, 15) is 5.11 Å². The minimum Gasteiger partial charge on any atom is -0.385 e. The van der Waals surface area contributed by atoms with Crippen LogP contribution in [-0.4, -0.2) is 29.8 Å². The first kappa shape index (κ1) is 10.0. The molecular weight excluding hydrogens is 200 g/mol. The van der Waals surface area contributed by atoms with Gasteiger partial charge in [-0.25, -0.2) is 4.98 Å². The number of aromatic nitrogens is 1. The van der Waals surface area contributed by atoms with Crippen molar-refractivity contribution in [3.05, 3.63) is 16.6 Å². The van der Waals surface area contributed by atoms with Gasteiger partial charge in [-0.3, -0.25) is 0 Å². The van der Waals surface area contributed by atoms with Gasteiger partial charge in [-0.05, 0) is 6.42 Å². The summed E-state index contributed by atoms with van der Waals surface area (Å²) >= 11 is 1.46. The van der Waals surface area contributed by atoms with Gasteiger partial charge in [0.2, 0.25) is 0 Å². The monoisotopic (exact) mass is 214 g/mol. The third kappa shape index (κ3) is 1.56. The van der Waals surface area contributed by atoms with Crippen LogP contribution >= 0.6 is 11.3 Å². The highest BCUT2D eigenvalue weighted by atomic mass is 32.1. The zero-order valence-corrected chi connectivity index (χ0v) is 8.67. The third-order valence-corrected chi connectivity index (χ3v) is 3.63. The molecule has 14 heavy (non-hydrogen) atoms. The van der Waals surface area contributed by atoms with E-state index in [2.05, 4.69) is 4.98 Å². The molecule has 0 saturated carbocycles. The van der Waals surface area contributed by atoms with Crippen LogP contribution in [0.25, 0.3) is 0 Å². The summed E-state index contributed by atoms with van der Waals surface area (Å²) < 4.78 is 5.31. The topological polar surface area (TPSA) is 68.4 Å². The lowest BCUT2D eigenvalue weighted by atomic mass is 9.81. The summed E-state index contributed by atoms with van der Waals surface area (Å²) in [5, 5.41) is 12.7. The van der Waals surface area contributed by atoms with E-state index in [1.54, 1.807) is 6.20 Å². The molecule has 2 rings (SSSR count). The van der Waals surface area contributed by atoms with Crippen molar-refractivity contribution < 1.29 is 9.84 Å². The molecule has 2 heterocycles. The van der Waals surface area contributed by atoms with Gasteiger partial charge >= 0.3 is 0 Å². The molecule has 0 aliphatic carbocycles. The van der Waals surface area contributed by atoms with Crippen molar-refractivity contribution in [3.8, 4) is 0 Å². The second kappa shape index (κ2) is 3.94. The number of thiazole rings is 1. The molecule has 0 spiro atoms. The average molecular weight is 214 g/mol. The van der Waals surface area contributed by atoms with Crippen molar-refractivity contribution in [1.82, 2.24) is 4.98 Å². The predicted molar refractivity (Wildman–Crippen MR) is 54.0 cm³/mol. The van der Waals surface area contributed by atoms with Crippen LogP contribution in [0.4, 0.5) is 0 Å².